The summed E-state index contributed by atoms with van der Waals surface area (Å²) in [6.45, 7) is 4.90. The Bertz CT molecular complexity index is 501. The second-order valence-corrected chi connectivity index (χ2v) is 7.64. The van der Waals surface area contributed by atoms with Crippen molar-refractivity contribution < 1.29 is 0 Å². The van der Waals surface area contributed by atoms with E-state index in [4.69, 9.17) is 0 Å². The van der Waals surface area contributed by atoms with Gasteiger partial charge >= 0.3 is 0 Å². The first-order valence-electron chi connectivity index (χ1n) is 8.27. The van der Waals surface area contributed by atoms with Gasteiger partial charge in [0.05, 0.1) is 0 Å². The summed E-state index contributed by atoms with van der Waals surface area (Å²) in [4.78, 5) is 0. The van der Waals surface area contributed by atoms with Crippen LogP contribution >= 0.6 is 0 Å². The smallest absolute Gasteiger partial charge is 0.0128 e. The van der Waals surface area contributed by atoms with Gasteiger partial charge in [0.15, 0.2) is 0 Å². The zero-order chi connectivity index (χ0) is 13.0. The highest BCUT2D eigenvalue weighted by molar-refractivity contribution is 5.40. The SMILES string of the molecule is Cc1cccc2c1CC[C@@H]1[C@@H]2CC[C@]2(C)CCC[C@@H]12. The van der Waals surface area contributed by atoms with Crippen LogP contribution in [-0.2, 0) is 6.42 Å². The van der Waals surface area contributed by atoms with Crippen molar-refractivity contribution in [1.29, 1.82) is 0 Å². The maximum absolute atomic E-state index is 2.59. The van der Waals surface area contributed by atoms with Crippen molar-refractivity contribution in [1.82, 2.24) is 0 Å². The predicted octanol–water partition coefficient (Wildman–Crippen LogP) is 5.24. The maximum Gasteiger partial charge on any atom is -0.0128 e. The first-order chi connectivity index (χ1) is 9.19. The monoisotopic (exact) mass is 254 g/mol. The first kappa shape index (κ1) is 12.0. The van der Waals surface area contributed by atoms with Crippen LogP contribution in [0.1, 0.15) is 68.1 Å². The minimum absolute atomic E-state index is 0.697. The zero-order valence-corrected chi connectivity index (χ0v) is 12.4. The standard InChI is InChI=1S/C19H26/c1-13-5-3-6-15-14(13)8-9-17-16(15)10-12-19(2)11-4-7-18(17)19/h3,5-6,16-18H,4,7-12H2,1-2H3/t16-,17-,18+,19+/m1/s1. The van der Waals surface area contributed by atoms with Gasteiger partial charge in [-0.3, -0.25) is 0 Å². The molecule has 2 fully saturated rings. The Hall–Kier alpha value is -0.780. The summed E-state index contributed by atoms with van der Waals surface area (Å²) in [5, 5.41) is 0. The van der Waals surface area contributed by atoms with Crippen LogP contribution in [0.15, 0.2) is 18.2 Å². The van der Waals surface area contributed by atoms with Gasteiger partial charge in [-0.2, -0.15) is 0 Å². The molecule has 0 unspecified atom stereocenters. The van der Waals surface area contributed by atoms with Crippen LogP contribution in [-0.4, -0.2) is 0 Å². The average Bonchev–Trinajstić information content (AvgIpc) is 2.80. The molecule has 3 aliphatic carbocycles. The fraction of sp³-hybridized carbons (Fsp3) is 0.684. The van der Waals surface area contributed by atoms with Gasteiger partial charge < -0.3 is 0 Å². The first-order valence-corrected chi connectivity index (χ1v) is 8.27. The van der Waals surface area contributed by atoms with E-state index in [1.807, 2.05) is 0 Å². The Balaban J connectivity index is 1.74. The van der Waals surface area contributed by atoms with E-state index in [1.54, 1.807) is 11.1 Å². The lowest BCUT2D eigenvalue weighted by Gasteiger charge is -2.49. The third-order valence-corrected chi connectivity index (χ3v) is 6.79. The lowest BCUT2D eigenvalue weighted by Crippen LogP contribution is -2.39. The topological polar surface area (TPSA) is 0 Å². The molecule has 0 saturated heterocycles. The lowest BCUT2D eigenvalue weighted by atomic mass is 9.55. The van der Waals surface area contributed by atoms with Crippen LogP contribution < -0.4 is 0 Å². The third kappa shape index (κ3) is 1.65. The van der Waals surface area contributed by atoms with Crippen LogP contribution in [0, 0.1) is 24.2 Å². The van der Waals surface area contributed by atoms with E-state index < -0.39 is 0 Å². The Morgan fingerprint density at radius 2 is 2.00 bits per heavy atom. The molecule has 2 saturated carbocycles. The molecule has 0 N–H and O–H groups in total. The highest BCUT2D eigenvalue weighted by Crippen LogP contribution is 2.60. The molecule has 4 atom stereocenters. The number of hydrogen-bond acceptors (Lipinski definition) is 0. The van der Waals surface area contributed by atoms with E-state index in [2.05, 4.69) is 32.0 Å². The van der Waals surface area contributed by atoms with Gasteiger partial charge in [0.1, 0.15) is 0 Å². The molecule has 0 heteroatoms. The van der Waals surface area contributed by atoms with Gasteiger partial charge in [-0.25, -0.2) is 0 Å². The van der Waals surface area contributed by atoms with E-state index in [1.165, 1.54) is 50.5 Å². The second-order valence-electron chi connectivity index (χ2n) is 7.64. The number of aryl methyl sites for hydroxylation is 1. The van der Waals surface area contributed by atoms with Gasteiger partial charge in [-0.1, -0.05) is 31.5 Å². The van der Waals surface area contributed by atoms with Crippen molar-refractivity contribution in [3.05, 3.63) is 34.9 Å². The van der Waals surface area contributed by atoms with Crippen LogP contribution in [0.4, 0.5) is 0 Å². The molecular formula is C19H26. The molecular weight excluding hydrogens is 228 g/mol. The molecule has 0 aromatic heterocycles. The molecule has 0 aliphatic heterocycles. The van der Waals surface area contributed by atoms with Gasteiger partial charge in [-0.05, 0) is 85.3 Å². The highest BCUT2D eigenvalue weighted by Gasteiger charge is 2.50. The summed E-state index contributed by atoms with van der Waals surface area (Å²) in [5.74, 6) is 2.91. The molecule has 0 heterocycles. The number of fused-ring (bicyclic) bond motifs is 5. The summed E-state index contributed by atoms with van der Waals surface area (Å²) in [6, 6.07) is 7.04. The van der Waals surface area contributed by atoms with Crippen molar-refractivity contribution in [3.8, 4) is 0 Å². The van der Waals surface area contributed by atoms with Crippen LogP contribution in [0.5, 0.6) is 0 Å². The molecule has 1 aromatic carbocycles. The summed E-state index contributed by atoms with van der Waals surface area (Å²) >= 11 is 0. The van der Waals surface area contributed by atoms with Crippen LogP contribution in [0.3, 0.4) is 0 Å². The Morgan fingerprint density at radius 1 is 1.11 bits per heavy atom. The molecule has 4 rings (SSSR count). The largest absolute Gasteiger partial charge is 0.0617 e. The van der Waals surface area contributed by atoms with Crippen LogP contribution in [0.2, 0.25) is 0 Å². The second kappa shape index (κ2) is 4.11. The lowest BCUT2D eigenvalue weighted by molar-refractivity contribution is 0.0598. The zero-order valence-electron chi connectivity index (χ0n) is 12.4. The molecule has 0 spiro atoms. The number of hydrogen-bond donors (Lipinski definition) is 0. The Labute approximate surface area is 117 Å². The van der Waals surface area contributed by atoms with Gasteiger partial charge in [0, 0.05) is 0 Å². The highest BCUT2D eigenvalue weighted by atomic mass is 14.5. The molecule has 0 bridgehead atoms. The molecule has 19 heavy (non-hydrogen) atoms. The molecule has 1 aromatic rings. The summed E-state index contributed by atoms with van der Waals surface area (Å²) in [7, 11) is 0. The van der Waals surface area contributed by atoms with E-state index in [-0.39, 0.29) is 0 Å². The maximum atomic E-state index is 2.59. The summed E-state index contributed by atoms with van der Waals surface area (Å²) in [5.41, 5.74) is 5.66. The Morgan fingerprint density at radius 3 is 2.89 bits per heavy atom. The third-order valence-electron chi connectivity index (χ3n) is 6.79. The number of benzene rings is 1. The average molecular weight is 254 g/mol. The summed E-state index contributed by atoms with van der Waals surface area (Å²) in [6.07, 6.45) is 10.2. The van der Waals surface area contributed by atoms with Crippen molar-refractivity contribution in [3.63, 3.8) is 0 Å². The fourth-order valence-electron chi connectivity index (χ4n) is 5.79. The minimum atomic E-state index is 0.697. The van der Waals surface area contributed by atoms with E-state index >= 15 is 0 Å². The van der Waals surface area contributed by atoms with E-state index in [9.17, 15) is 0 Å². The van der Waals surface area contributed by atoms with Gasteiger partial charge in [-0.15, -0.1) is 0 Å². The van der Waals surface area contributed by atoms with Crippen molar-refractivity contribution in [2.75, 3.05) is 0 Å². The molecule has 0 nitrogen and oxygen atoms in total. The van der Waals surface area contributed by atoms with Crippen molar-refractivity contribution in [2.24, 2.45) is 17.3 Å². The van der Waals surface area contributed by atoms with E-state index in [0.29, 0.717) is 5.41 Å². The molecule has 3 aliphatic rings. The van der Waals surface area contributed by atoms with E-state index in [0.717, 1.165) is 17.8 Å². The molecule has 0 radical (unpaired) electrons. The molecule has 0 amide bonds. The summed E-state index contributed by atoms with van der Waals surface area (Å²) < 4.78 is 0. The predicted molar refractivity (Wildman–Crippen MR) is 80.4 cm³/mol. The van der Waals surface area contributed by atoms with Crippen LogP contribution in [0.25, 0.3) is 0 Å². The van der Waals surface area contributed by atoms with Gasteiger partial charge in [0.2, 0.25) is 0 Å². The normalized spacial score (nSPS) is 40.4. The molecule has 102 valence electrons. The number of rotatable bonds is 0. The quantitative estimate of drug-likeness (QED) is 0.594. The van der Waals surface area contributed by atoms with Crippen molar-refractivity contribution in [2.45, 2.75) is 64.7 Å². The van der Waals surface area contributed by atoms with Gasteiger partial charge in [0.25, 0.3) is 0 Å². The minimum Gasteiger partial charge on any atom is -0.0617 e. The van der Waals surface area contributed by atoms with Crippen molar-refractivity contribution >= 4 is 0 Å². The fourth-order valence-corrected chi connectivity index (χ4v) is 5.79. The Kier molecular flexibility index (Phi) is 2.59.